The highest BCUT2D eigenvalue weighted by atomic mass is 79.9. The maximum atomic E-state index is 13.3. The van der Waals surface area contributed by atoms with Crippen LogP contribution in [0.1, 0.15) is 27.0 Å². The van der Waals surface area contributed by atoms with E-state index in [1.165, 1.54) is 12.1 Å². The van der Waals surface area contributed by atoms with Gasteiger partial charge < -0.3 is 11.1 Å². The number of hydrogen-bond donors (Lipinski definition) is 2. The molecule has 2 rings (SSSR count). The summed E-state index contributed by atoms with van der Waals surface area (Å²) in [7, 11) is 0. The topological polar surface area (TPSA) is 55.1 Å². The number of nitrogen functional groups attached to an aromatic ring is 1. The van der Waals surface area contributed by atoms with Gasteiger partial charge in [0.15, 0.2) is 0 Å². The van der Waals surface area contributed by atoms with Gasteiger partial charge in [0.05, 0.1) is 11.3 Å². The number of carbonyl (C=O) groups is 1. The van der Waals surface area contributed by atoms with Crippen molar-refractivity contribution in [2.75, 3.05) is 11.1 Å². The van der Waals surface area contributed by atoms with Gasteiger partial charge in [-0.15, -0.1) is 0 Å². The molecule has 0 atom stereocenters. The third-order valence-corrected chi connectivity index (χ3v) is 3.90. The Balaban J connectivity index is 2.37. The summed E-state index contributed by atoms with van der Waals surface area (Å²) in [6, 6.07) is 6.51. The van der Waals surface area contributed by atoms with Crippen molar-refractivity contribution < 1.29 is 9.18 Å². The van der Waals surface area contributed by atoms with Crippen molar-refractivity contribution in [2.45, 2.75) is 20.8 Å². The molecule has 0 saturated carbocycles. The number of hydrogen-bond acceptors (Lipinski definition) is 2. The molecular weight excluding hydrogens is 335 g/mol. The van der Waals surface area contributed by atoms with Gasteiger partial charge >= 0.3 is 0 Å². The van der Waals surface area contributed by atoms with Crippen molar-refractivity contribution in [1.29, 1.82) is 0 Å². The fourth-order valence-electron chi connectivity index (χ4n) is 2.30. The summed E-state index contributed by atoms with van der Waals surface area (Å²) in [6.07, 6.45) is 0. The van der Waals surface area contributed by atoms with Gasteiger partial charge in [0.2, 0.25) is 0 Å². The van der Waals surface area contributed by atoms with E-state index >= 15 is 0 Å². The highest BCUT2D eigenvalue weighted by molar-refractivity contribution is 9.10. The fourth-order valence-corrected chi connectivity index (χ4v) is 2.79. The molecule has 0 aliphatic rings. The van der Waals surface area contributed by atoms with Gasteiger partial charge in [0.1, 0.15) is 5.82 Å². The van der Waals surface area contributed by atoms with Gasteiger partial charge in [-0.3, -0.25) is 4.79 Å². The van der Waals surface area contributed by atoms with E-state index in [1.807, 2.05) is 32.9 Å². The van der Waals surface area contributed by atoms with E-state index in [4.69, 9.17) is 5.73 Å². The Hall–Kier alpha value is -1.88. The van der Waals surface area contributed by atoms with Crippen LogP contribution in [0.3, 0.4) is 0 Å². The van der Waals surface area contributed by atoms with Crippen LogP contribution in [-0.2, 0) is 0 Å². The number of amides is 1. The molecule has 3 N–H and O–H groups in total. The summed E-state index contributed by atoms with van der Waals surface area (Å²) in [5, 5.41) is 2.86. The van der Waals surface area contributed by atoms with Crippen molar-refractivity contribution in [3.63, 3.8) is 0 Å². The molecule has 21 heavy (non-hydrogen) atoms. The second kappa shape index (κ2) is 5.85. The molecule has 5 heteroatoms. The van der Waals surface area contributed by atoms with E-state index in [1.54, 1.807) is 0 Å². The van der Waals surface area contributed by atoms with Crippen molar-refractivity contribution in [3.05, 3.63) is 56.8 Å². The first kappa shape index (κ1) is 15.5. The molecule has 0 unspecified atom stereocenters. The van der Waals surface area contributed by atoms with Crippen molar-refractivity contribution in [1.82, 2.24) is 0 Å². The van der Waals surface area contributed by atoms with Crippen LogP contribution in [0.4, 0.5) is 15.8 Å². The highest BCUT2D eigenvalue weighted by Crippen LogP contribution is 2.26. The third-order valence-electron chi connectivity index (χ3n) is 3.25. The molecule has 0 aromatic heterocycles. The van der Waals surface area contributed by atoms with Crippen molar-refractivity contribution in [2.24, 2.45) is 0 Å². The third kappa shape index (κ3) is 3.24. The standard InChI is InChI=1S/C16H16BrFN2O/c1-8-4-9(2)15(10(3)5-8)20-16(21)11-6-14(19)13(18)7-12(11)17/h4-7H,19H2,1-3H3,(H,20,21). The number of benzene rings is 2. The Labute approximate surface area is 131 Å². The molecule has 0 fully saturated rings. The SMILES string of the molecule is Cc1cc(C)c(NC(=O)c2cc(N)c(F)cc2Br)c(C)c1. The maximum Gasteiger partial charge on any atom is 0.256 e. The van der Waals surface area contributed by atoms with Gasteiger partial charge in [0.25, 0.3) is 5.91 Å². The molecule has 0 saturated heterocycles. The van der Waals surface area contributed by atoms with Crippen LogP contribution in [0.5, 0.6) is 0 Å². The normalized spacial score (nSPS) is 10.5. The Morgan fingerprint density at radius 1 is 1.14 bits per heavy atom. The van der Waals surface area contributed by atoms with Crippen LogP contribution in [-0.4, -0.2) is 5.91 Å². The molecule has 0 aliphatic heterocycles. The molecule has 0 aliphatic carbocycles. The van der Waals surface area contributed by atoms with E-state index in [9.17, 15) is 9.18 Å². The van der Waals surface area contributed by atoms with E-state index < -0.39 is 5.82 Å². The summed E-state index contributed by atoms with van der Waals surface area (Å²) in [5.41, 5.74) is 9.63. The number of nitrogens with two attached hydrogens (primary N) is 1. The largest absolute Gasteiger partial charge is 0.396 e. The van der Waals surface area contributed by atoms with Gasteiger partial charge in [-0.2, -0.15) is 0 Å². The monoisotopic (exact) mass is 350 g/mol. The average molecular weight is 351 g/mol. The quantitative estimate of drug-likeness (QED) is 0.791. The summed E-state index contributed by atoms with van der Waals surface area (Å²) in [6.45, 7) is 5.87. The second-order valence-corrected chi connectivity index (χ2v) is 5.94. The minimum Gasteiger partial charge on any atom is -0.396 e. The molecule has 3 nitrogen and oxygen atoms in total. The Morgan fingerprint density at radius 2 is 1.71 bits per heavy atom. The summed E-state index contributed by atoms with van der Waals surface area (Å²) >= 11 is 3.19. The Kier molecular flexibility index (Phi) is 4.32. The minimum atomic E-state index is -0.555. The second-order valence-electron chi connectivity index (χ2n) is 5.08. The number of nitrogens with one attached hydrogen (secondary N) is 1. The zero-order valence-corrected chi connectivity index (χ0v) is 13.6. The van der Waals surface area contributed by atoms with Crippen LogP contribution in [0.2, 0.25) is 0 Å². The molecule has 0 radical (unpaired) electrons. The Bertz CT molecular complexity index is 705. The van der Waals surface area contributed by atoms with Crippen LogP contribution >= 0.6 is 15.9 Å². The van der Waals surface area contributed by atoms with E-state index in [0.29, 0.717) is 10.0 Å². The van der Waals surface area contributed by atoms with Crippen LogP contribution < -0.4 is 11.1 Å². The predicted octanol–water partition coefficient (Wildman–Crippen LogP) is 4.35. The molecule has 110 valence electrons. The summed E-state index contributed by atoms with van der Waals surface area (Å²) in [5.74, 6) is -0.884. The van der Waals surface area contributed by atoms with E-state index in [-0.39, 0.29) is 11.6 Å². The van der Waals surface area contributed by atoms with Crippen molar-refractivity contribution in [3.8, 4) is 0 Å². The fraction of sp³-hybridized carbons (Fsp3) is 0.188. The maximum absolute atomic E-state index is 13.3. The smallest absolute Gasteiger partial charge is 0.256 e. The van der Waals surface area contributed by atoms with Crippen LogP contribution in [0, 0.1) is 26.6 Å². The minimum absolute atomic E-state index is 0.0549. The lowest BCUT2D eigenvalue weighted by atomic mass is 10.0. The van der Waals surface area contributed by atoms with Crippen molar-refractivity contribution >= 4 is 33.2 Å². The number of carbonyl (C=O) groups excluding carboxylic acids is 1. The summed E-state index contributed by atoms with van der Waals surface area (Å²) < 4.78 is 13.7. The van der Waals surface area contributed by atoms with Gasteiger partial charge in [-0.25, -0.2) is 4.39 Å². The van der Waals surface area contributed by atoms with Gasteiger partial charge in [-0.1, -0.05) is 17.7 Å². The lowest BCUT2D eigenvalue weighted by Gasteiger charge is -2.14. The number of aryl methyl sites for hydroxylation is 3. The lowest BCUT2D eigenvalue weighted by Crippen LogP contribution is -2.15. The van der Waals surface area contributed by atoms with E-state index in [0.717, 1.165) is 22.4 Å². The molecule has 2 aromatic carbocycles. The van der Waals surface area contributed by atoms with Crippen LogP contribution in [0.15, 0.2) is 28.7 Å². The molecular formula is C16H16BrFN2O. The number of halogens is 2. The van der Waals surface area contributed by atoms with Crippen LogP contribution in [0.25, 0.3) is 0 Å². The molecule has 1 amide bonds. The number of anilines is 2. The molecule has 0 spiro atoms. The predicted molar refractivity (Wildman–Crippen MR) is 87.1 cm³/mol. The number of rotatable bonds is 2. The average Bonchev–Trinajstić information content (AvgIpc) is 2.37. The zero-order valence-electron chi connectivity index (χ0n) is 12.1. The molecule has 0 heterocycles. The molecule has 0 bridgehead atoms. The first-order valence-electron chi connectivity index (χ1n) is 6.43. The van der Waals surface area contributed by atoms with E-state index in [2.05, 4.69) is 21.2 Å². The zero-order chi connectivity index (χ0) is 15.7. The van der Waals surface area contributed by atoms with Gasteiger partial charge in [0, 0.05) is 10.2 Å². The van der Waals surface area contributed by atoms with Gasteiger partial charge in [-0.05, 0) is 60.0 Å². The first-order chi connectivity index (χ1) is 9.79. The summed E-state index contributed by atoms with van der Waals surface area (Å²) in [4.78, 5) is 12.4. The molecule has 2 aromatic rings. The lowest BCUT2D eigenvalue weighted by molar-refractivity contribution is 0.102. The Morgan fingerprint density at radius 3 is 2.29 bits per heavy atom. The first-order valence-corrected chi connectivity index (χ1v) is 7.22. The highest BCUT2D eigenvalue weighted by Gasteiger charge is 2.15.